The van der Waals surface area contributed by atoms with Crippen molar-refractivity contribution in [3.05, 3.63) is 75.4 Å². The van der Waals surface area contributed by atoms with E-state index in [-0.39, 0.29) is 12.5 Å². The normalized spacial score (nSPS) is 11.8. The summed E-state index contributed by atoms with van der Waals surface area (Å²) < 4.78 is 10.8. The molecule has 3 rings (SSSR count). The van der Waals surface area contributed by atoms with Gasteiger partial charge in [0.1, 0.15) is 6.04 Å². The number of rotatable bonds is 9. The van der Waals surface area contributed by atoms with Crippen molar-refractivity contribution in [1.82, 2.24) is 10.6 Å². The van der Waals surface area contributed by atoms with Gasteiger partial charge in [-0.15, -0.1) is 11.3 Å². The third-order valence-corrected chi connectivity index (χ3v) is 6.33. The SMILES string of the molecule is COc1ccc(C(C(=O)NC(C)(C)C)N(C(=O)CNC(=O)c2cccs2)c2cccc(Cl)c2)cc1OC. The van der Waals surface area contributed by atoms with E-state index in [9.17, 15) is 14.4 Å². The molecule has 0 spiro atoms. The Morgan fingerprint density at radius 3 is 2.32 bits per heavy atom. The summed E-state index contributed by atoms with van der Waals surface area (Å²) >= 11 is 7.54. The van der Waals surface area contributed by atoms with Crippen molar-refractivity contribution >= 4 is 46.3 Å². The second-order valence-electron chi connectivity index (χ2n) is 9.16. The predicted molar refractivity (Wildman–Crippen MR) is 146 cm³/mol. The molecule has 1 unspecified atom stereocenters. The summed E-state index contributed by atoms with van der Waals surface area (Å²) in [5, 5.41) is 7.79. The maximum atomic E-state index is 13.7. The fourth-order valence-electron chi connectivity index (χ4n) is 3.68. The topological polar surface area (TPSA) is 97.0 Å². The third kappa shape index (κ3) is 7.24. The lowest BCUT2D eigenvalue weighted by Crippen LogP contribution is -2.51. The number of halogens is 1. The van der Waals surface area contributed by atoms with Crippen LogP contribution in [0.3, 0.4) is 0 Å². The molecule has 0 saturated carbocycles. The van der Waals surface area contributed by atoms with E-state index in [2.05, 4.69) is 10.6 Å². The molecular weight excluding hydrogens is 514 g/mol. The molecule has 0 radical (unpaired) electrons. The van der Waals surface area contributed by atoms with Crippen LogP contribution < -0.4 is 25.0 Å². The van der Waals surface area contributed by atoms with Crippen molar-refractivity contribution < 1.29 is 23.9 Å². The molecule has 10 heteroatoms. The van der Waals surface area contributed by atoms with Gasteiger partial charge in [-0.05, 0) is 68.1 Å². The van der Waals surface area contributed by atoms with Gasteiger partial charge in [0.15, 0.2) is 11.5 Å². The molecule has 0 aliphatic heterocycles. The Labute approximate surface area is 225 Å². The molecule has 0 saturated heterocycles. The molecule has 0 bridgehead atoms. The Balaban J connectivity index is 2.09. The molecule has 2 N–H and O–H groups in total. The lowest BCUT2D eigenvalue weighted by atomic mass is 10.00. The number of amides is 3. The van der Waals surface area contributed by atoms with Crippen molar-refractivity contribution in [3.8, 4) is 11.5 Å². The second-order valence-corrected chi connectivity index (χ2v) is 10.5. The molecule has 196 valence electrons. The molecule has 1 aromatic heterocycles. The summed E-state index contributed by atoms with van der Waals surface area (Å²) in [7, 11) is 3.01. The zero-order chi connectivity index (χ0) is 27.2. The lowest BCUT2D eigenvalue weighted by Gasteiger charge is -2.34. The molecule has 2 aromatic carbocycles. The zero-order valence-corrected chi connectivity index (χ0v) is 22.9. The van der Waals surface area contributed by atoms with E-state index in [1.54, 1.807) is 60.0 Å². The molecule has 8 nitrogen and oxygen atoms in total. The fraction of sp³-hybridized carbons (Fsp3) is 0.296. The minimum Gasteiger partial charge on any atom is -0.493 e. The fourth-order valence-corrected chi connectivity index (χ4v) is 4.50. The van der Waals surface area contributed by atoms with Crippen LogP contribution >= 0.6 is 22.9 Å². The summed E-state index contributed by atoms with van der Waals surface area (Å²) in [6.45, 7) is 5.21. The Hall–Kier alpha value is -3.56. The maximum absolute atomic E-state index is 13.7. The summed E-state index contributed by atoms with van der Waals surface area (Å²) in [6, 6.07) is 14.0. The van der Waals surface area contributed by atoms with Crippen molar-refractivity contribution in [1.29, 1.82) is 0 Å². The van der Waals surface area contributed by atoms with Gasteiger partial charge in [-0.3, -0.25) is 19.3 Å². The predicted octanol–water partition coefficient (Wildman–Crippen LogP) is 4.84. The van der Waals surface area contributed by atoms with Gasteiger partial charge in [-0.25, -0.2) is 0 Å². The number of hydrogen-bond donors (Lipinski definition) is 2. The quantitative estimate of drug-likeness (QED) is 0.402. The highest BCUT2D eigenvalue weighted by Gasteiger charge is 2.35. The van der Waals surface area contributed by atoms with Gasteiger partial charge in [-0.2, -0.15) is 0 Å². The minimum absolute atomic E-state index is 0.337. The summed E-state index contributed by atoms with van der Waals surface area (Å²) in [5.74, 6) is -0.423. The number of methoxy groups -OCH3 is 2. The van der Waals surface area contributed by atoms with Gasteiger partial charge >= 0.3 is 0 Å². The van der Waals surface area contributed by atoms with Crippen molar-refractivity contribution in [2.75, 3.05) is 25.7 Å². The van der Waals surface area contributed by atoms with Crippen molar-refractivity contribution in [2.45, 2.75) is 32.4 Å². The Bertz CT molecular complexity index is 1260. The Morgan fingerprint density at radius 2 is 1.73 bits per heavy atom. The van der Waals surface area contributed by atoms with Gasteiger partial charge in [0.2, 0.25) is 11.8 Å². The Kier molecular flexibility index (Phi) is 9.18. The molecule has 37 heavy (non-hydrogen) atoms. The van der Waals surface area contributed by atoms with Crippen LogP contribution in [-0.4, -0.2) is 44.0 Å². The molecule has 0 aliphatic carbocycles. The largest absolute Gasteiger partial charge is 0.493 e. The standard InChI is InChI=1S/C27H30ClN3O5S/c1-27(2,3)30-26(34)24(17-11-12-20(35-4)21(14-17)36-5)31(19-9-6-8-18(28)15-19)23(32)16-29-25(33)22-10-7-13-37-22/h6-15,24H,16H2,1-5H3,(H,29,33)(H,30,34). The minimum atomic E-state index is -1.11. The van der Waals surface area contributed by atoms with Crippen molar-refractivity contribution in [2.24, 2.45) is 0 Å². The number of carbonyl (C=O) groups is 3. The van der Waals surface area contributed by atoms with Gasteiger partial charge in [0, 0.05) is 16.2 Å². The monoisotopic (exact) mass is 543 g/mol. The van der Waals surface area contributed by atoms with E-state index >= 15 is 0 Å². The van der Waals surface area contributed by atoms with Crippen LogP contribution in [0.1, 0.15) is 42.0 Å². The van der Waals surface area contributed by atoms with E-state index in [4.69, 9.17) is 21.1 Å². The first-order chi connectivity index (χ1) is 17.5. The second kappa shape index (κ2) is 12.1. The first-order valence-electron chi connectivity index (χ1n) is 11.5. The molecule has 3 amide bonds. The smallest absolute Gasteiger partial charge is 0.261 e. The number of anilines is 1. The van der Waals surface area contributed by atoms with E-state index < -0.39 is 23.4 Å². The number of nitrogens with one attached hydrogen (secondary N) is 2. The molecule has 1 atom stereocenters. The van der Waals surface area contributed by atoms with E-state index in [1.807, 2.05) is 20.8 Å². The highest BCUT2D eigenvalue weighted by Crippen LogP contribution is 2.35. The average Bonchev–Trinajstić information content (AvgIpc) is 3.39. The molecular formula is C27H30ClN3O5S. The molecule has 1 heterocycles. The first kappa shape index (κ1) is 28.0. The first-order valence-corrected chi connectivity index (χ1v) is 12.7. The number of carbonyl (C=O) groups excluding carboxylic acids is 3. The molecule has 3 aromatic rings. The summed E-state index contributed by atoms with van der Waals surface area (Å²) in [5.41, 5.74) is 0.298. The number of thiophene rings is 1. The van der Waals surface area contributed by atoms with Gasteiger partial charge < -0.3 is 20.1 Å². The average molecular weight is 544 g/mol. The van der Waals surface area contributed by atoms with Crippen LogP contribution in [0, 0.1) is 0 Å². The van der Waals surface area contributed by atoms with Crippen LogP contribution in [0.5, 0.6) is 11.5 Å². The highest BCUT2D eigenvalue weighted by atomic mass is 35.5. The third-order valence-electron chi connectivity index (χ3n) is 5.23. The van der Waals surface area contributed by atoms with Gasteiger partial charge in [0.25, 0.3) is 5.91 Å². The van der Waals surface area contributed by atoms with E-state index in [0.29, 0.717) is 32.6 Å². The van der Waals surface area contributed by atoms with Crippen LogP contribution in [-0.2, 0) is 9.59 Å². The number of nitrogens with zero attached hydrogens (tertiary/aromatic N) is 1. The van der Waals surface area contributed by atoms with Crippen LogP contribution in [0.25, 0.3) is 0 Å². The van der Waals surface area contributed by atoms with Crippen LogP contribution in [0.15, 0.2) is 60.0 Å². The van der Waals surface area contributed by atoms with E-state index in [1.165, 1.54) is 30.5 Å². The van der Waals surface area contributed by atoms with Gasteiger partial charge in [-0.1, -0.05) is 29.8 Å². The Morgan fingerprint density at radius 1 is 1.00 bits per heavy atom. The van der Waals surface area contributed by atoms with Crippen LogP contribution in [0.4, 0.5) is 5.69 Å². The van der Waals surface area contributed by atoms with E-state index in [0.717, 1.165) is 0 Å². The highest BCUT2D eigenvalue weighted by molar-refractivity contribution is 7.12. The molecule has 0 fully saturated rings. The van der Waals surface area contributed by atoms with Crippen molar-refractivity contribution in [3.63, 3.8) is 0 Å². The maximum Gasteiger partial charge on any atom is 0.261 e. The molecule has 0 aliphatic rings. The zero-order valence-electron chi connectivity index (χ0n) is 21.3. The lowest BCUT2D eigenvalue weighted by molar-refractivity contribution is -0.127. The van der Waals surface area contributed by atoms with Crippen LogP contribution in [0.2, 0.25) is 5.02 Å². The number of benzene rings is 2. The van der Waals surface area contributed by atoms with Gasteiger partial charge in [0.05, 0.1) is 25.6 Å². The summed E-state index contributed by atoms with van der Waals surface area (Å²) in [6.07, 6.45) is 0. The number of ether oxygens (including phenoxy) is 2. The number of hydrogen-bond acceptors (Lipinski definition) is 6. The summed E-state index contributed by atoms with van der Waals surface area (Å²) in [4.78, 5) is 41.8.